The van der Waals surface area contributed by atoms with Crippen molar-refractivity contribution in [3.63, 3.8) is 0 Å². The summed E-state index contributed by atoms with van der Waals surface area (Å²) in [5.41, 5.74) is 5.99. The zero-order valence-corrected chi connectivity index (χ0v) is 10.2. The Hall–Kier alpha value is -0.570. The highest BCUT2D eigenvalue weighted by molar-refractivity contribution is 5.78. The average molecular weight is 212 g/mol. The molecule has 1 fully saturated rings. The normalized spacial score (nSPS) is 28.9. The summed E-state index contributed by atoms with van der Waals surface area (Å²) >= 11 is 0. The molecule has 0 aromatic carbocycles. The Morgan fingerprint density at radius 2 is 2.27 bits per heavy atom. The molecule has 3 unspecified atom stereocenters. The van der Waals surface area contributed by atoms with E-state index in [2.05, 4.69) is 13.8 Å². The van der Waals surface area contributed by atoms with Crippen molar-refractivity contribution < 1.29 is 4.79 Å². The molecule has 0 aromatic rings. The van der Waals surface area contributed by atoms with Gasteiger partial charge in [-0.25, -0.2) is 0 Å². The molecule has 0 saturated carbocycles. The second-order valence-electron chi connectivity index (χ2n) is 4.90. The van der Waals surface area contributed by atoms with Gasteiger partial charge in [0.25, 0.3) is 0 Å². The number of hydrogen-bond donors (Lipinski definition) is 1. The van der Waals surface area contributed by atoms with Crippen LogP contribution in [0.15, 0.2) is 0 Å². The number of piperidine rings is 1. The number of likely N-dealkylation sites (tertiary alicyclic amines) is 1. The van der Waals surface area contributed by atoms with E-state index in [9.17, 15) is 4.79 Å². The summed E-state index contributed by atoms with van der Waals surface area (Å²) in [7, 11) is 0. The molecule has 2 N–H and O–H groups in total. The summed E-state index contributed by atoms with van der Waals surface area (Å²) in [6, 6.07) is 0.163. The average Bonchev–Trinajstić information content (AvgIpc) is 2.21. The topological polar surface area (TPSA) is 46.3 Å². The number of rotatable bonds is 3. The first-order chi connectivity index (χ1) is 7.06. The van der Waals surface area contributed by atoms with E-state index < -0.39 is 0 Å². The quantitative estimate of drug-likeness (QED) is 0.772. The van der Waals surface area contributed by atoms with Crippen LogP contribution < -0.4 is 5.73 Å². The van der Waals surface area contributed by atoms with E-state index in [1.807, 2.05) is 11.8 Å². The fourth-order valence-electron chi connectivity index (χ4n) is 2.17. The van der Waals surface area contributed by atoms with Gasteiger partial charge in [-0.05, 0) is 18.8 Å². The van der Waals surface area contributed by atoms with Gasteiger partial charge < -0.3 is 10.6 Å². The van der Waals surface area contributed by atoms with E-state index in [1.165, 1.54) is 0 Å². The van der Waals surface area contributed by atoms with Gasteiger partial charge in [-0.15, -0.1) is 0 Å². The van der Waals surface area contributed by atoms with Crippen molar-refractivity contribution in [2.75, 3.05) is 13.1 Å². The van der Waals surface area contributed by atoms with Gasteiger partial charge >= 0.3 is 0 Å². The third-order valence-corrected chi connectivity index (χ3v) is 3.47. The fraction of sp³-hybridized carbons (Fsp3) is 0.917. The van der Waals surface area contributed by atoms with Crippen molar-refractivity contribution in [3.8, 4) is 0 Å². The standard InChI is InChI=1S/C12H24N2O/c1-4-5-10(3)12(15)14-7-6-9(2)11(13)8-14/h9-11H,4-8,13H2,1-3H3. The number of nitrogens with zero attached hydrogens (tertiary/aromatic N) is 1. The van der Waals surface area contributed by atoms with E-state index in [-0.39, 0.29) is 12.0 Å². The summed E-state index contributed by atoms with van der Waals surface area (Å²) in [5, 5.41) is 0. The summed E-state index contributed by atoms with van der Waals surface area (Å²) in [6.45, 7) is 7.95. The molecule has 1 amide bonds. The van der Waals surface area contributed by atoms with Crippen molar-refractivity contribution in [2.45, 2.75) is 46.1 Å². The molecular formula is C12H24N2O. The van der Waals surface area contributed by atoms with Crippen LogP contribution in [0.4, 0.5) is 0 Å². The Morgan fingerprint density at radius 3 is 2.80 bits per heavy atom. The smallest absolute Gasteiger partial charge is 0.225 e. The lowest BCUT2D eigenvalue weighted by atomic mass is 9.93. The number of hydrogen-bond acceptors (Lipinski definition) is 2. The highest BCUT2D eigenvalue weighted by Gasteiger charge is 2.28. The van der Waals surface area contributed by atoms with Gasteiger partial charge in [-0.1, -0.05) is 27.2 Å². The second kappa shape index (κ2) is 5.50. The highest BCUT2D eigenvalue weighted by Crippen LogP contribution is 2.18. The third kappa shape index (κ3) is 3.20. The minimum Gasteiger partial charge on any atom is -0.341 e. The van der Waals surface area contributed by atoms with Crippen LogP contribution >= 0.6 is 0 Å². The van der Waals surface area contributed by atoms with Gasteiger partial charge in [0.1, 0.15) is 0 Å². The Labute approximate surface area is 93.0 Å². The predicted octanol–water partition coefficient (Wildman–Crippen LogP) is 1.62. The SMILES string of the molecule is CCCC(C)C(=O)N1CCC(C)C(N)C1. The zero-order chi connectivity index (χ0) is 11.4. The predicted molar refractivity (Wildman–Crippen MR) is 62.4 cm³/mol. The number of nitrogens with two attached hydrogens (primary N) is 1. The molecule has 3 nitrogen and oxygen atoms in total. The largest absolute Gasteiger partial charge is 0.341 e. The molecular weight excluding hydrogens is 188 g/mol. The number of carbonyl (C=O) groups excluding carboxylic acids is 1. The Kier molecular flexibility index (Phi) is 4.58. The summed E-state index contributed by atoms with van der Waals surface area (Å²) in [6.07, 6.45) is 3.11. The minimum atomic E-state index is 0.163. The summed E-state index contributed by atoms with van der Waals surface area (Å²) in [5.74, 6) is 1.00. The maximum absolute atomic E-state index is 12.0. The lowest BCUT2D eigenvalue weighted by Gasteiger charge is -2.36. The van der Waals surface area contributed by atoms with Crippen molar-refractivity contribution in [1.82, 2.24) is 4.90 Å². The molecule has 88 valence electrons. The second-order valence-corrected chi connectivity index (χ2v) is 4.90. The molecule has 0 aliphatic carbocycles. The first-order valence-corrected chi connectivity index (χ1v) is 6.10. The van der Waals surface area contributed by atoms with E-state index >= 15 is 0 Å². The molecule has 1 rings (SSSR count). The number of carbonyl (C=O) groups is 1. The van der Waals surface area contributed by atoms with Crippen LogP contribution in [-0.4, -0.2) is 29.9 Å². The van der Waals surface area contributed by atoms with E-state index in [4.69, 9.17) is 5.73 Å². The maximum atomic E-state index is 12.0. The molecule has 0 bridgehead atoms. The molecule has 15 heavy (non-hydrogen) atoms. The van der Waals surface area contributed by atoms with Crippen LogP contribution in [0.2, 0.25) is 0 Å². The monoisotopic (exact) mass is 212 g/mol. The van der Waals surface area contributed by atoms with Crippen LogP contribution in [-0.2, 0) is 4.79 Å². The van der Waals surface area contributed by atoms with Crippen molar-refractivity contribution >= 4 is 5.91 Å². The molecule has 1 aliphatic heterocycles. The van der Waals surface area contributed by atoms with Gasteiger partial charge in [-0.2, -0.15) is 0 Å². The molecule has 0 spiro atoms. The number of amides is 1. The van der Waals surface area contributed by atoms with Crippen LogP contribution in [0.1, 0.15) is 40.0 Å². The van der Waals surface area contributed by atoms with Crippen LogP contribution in [0.5, 0.6) is 0 Å². The van der Waals surface area contributed by atoms with Gasteiger partial charge in [0.05, 0.1) is 0 Å². The lowest BCUT2D eigenvalue weighted by Crippen LogP contribution is -2.51. The first kappa shape index (κ1) is 12.5. The Balaban J connectivity index is 2.47. The van der Waals surface area contributed by atoms with Crippen molar-refractivity contribution in [3.05, 3.63) is 0 Å². The molecule has 1 saturated heterocycles. The maximum Gasteiger partial charge on any atom is 0.225 e. The molecule has 1 heterocycles. The lowest BCUT2D eigenvalue weighted by molar-refractivity contribution is -0.136. The molecule has 0 aromatic heterocycles. The van der Waals surface area contributed by atoms with Gasteiger partial charge in [0.2, 0.25) is 5.91 Å². The van der Waals surface area contributed by atoms with E-state index in [0.29, 0.717) is 11.8 Å². The van der Waals surface area contributed by atoms with E-state index in [0.717, 1.165) is 32.4 Å². The third-order valence-electron chi connectivity index (χ3n) is 3.47. The summed E-state index contributed by atoms with van der Waals surface area (Å²) in [4.78, 5) is 14.0. The van der Waals surface area contributed by atoms with Crippen molar-refractivity contribution in [2.24, 2.45) is 17.6 Å². The Bertz CT molecular complexity index is 218. The van der Waals surface area contributed by atoms with Crippen LogP contribution in [0, 0.1) is 11.8 Å². The first-order valence-electron chi connectivity index (χ1n) is 6.10. The zero-order valence-electron chi connectivity index (χ0n) is 10.2. The summed E-state index contributed by atoms with van der Waals surface area (Å²) < 4.78 is 0. The highest BCUT2D eigenvalue weighted by atomic mass is 16.2. The van der Waals surface area contributed by atoms with Gasteiger partial charge in [0, 0.05) is 25.0 Å². The van der Waals surface area contributed by atoms with Gasteiger partial charge in [-0.3, -0.25) is 4.79 Å². The fourth-order valence-corrected chi connectivity index (χ4v) is 2.17. The van der Waals surface area contributed by atoms with E-state index in [1.54, 1.807) is 0 Å². The molecule has 3 atom stereocenters. The molecule has 3 heteroatoms. The van der Waals surface area contributed by atoms with Crippen molar-refractivity contribution in [1.29, 1.82) is 0 Å². The minimum absolute atomic E-state index is 0.163. The molecule has 0 radical (unpaired) electrons. The Morgan fingerprint density at radius 1 is 1.60 bits per heavy atom. The van der Waals surface area contributed by atoms with Gasteiger partial charge in [0.15, 0.2) is 0 Å². The van der Waals surface area contributed by atoms with Crippen LogP contribution in [0.25, 0.3) is 0 Å². The van der Waals surface area contributed by atoms with Crippen LogP contribution in [0.3, 0.4) is 0 Å². The molecule has 1 aliphatic rings.